The summed E-state index contributed by atoms with van der Waals surface area (Å²) in [6.45, 7) is 1.58. The molecule has 264 valence electrons. The summed E-state index contributed by atoms with van der Waals surface area (Å²) in [5.74, 6) is 2.28. The van der Waals surface area contributed by atoms with Crippen molar-refractivity contribution in [2.75, 3.05) is 37.3 Å². The minimum Gasteiger partial charge on any atom is -0.491 e. The second-order valence-corrected chi connectivity index (χ2v) is 11.3. The van der Waals surface area contributed by atoms with Crippen LogP contribution in [0.2, 0.25) is 0 Å². The van der Waals surface area contributed by atoms with Crippen molar-refractivity contribution in [3.63, 3.8) is 0 Å². The number of nitrogens with one attached hydrogen (secondary N) is 2. The van der Waals surface area contributed by atoms with Gasteiger partial charge < -0.3 is 14.2 Å². The fourth-order valence-corrected chi connectivity index (χ4v) is 4.69. The average molecular weight is 703 g/mol. The van der Waals surface area contributed by atoms with E-state index in [2.05, 4.69) is 41.5 Å². The lowest BCUT2D eigenvalue weighted by Gasteiger charge is -2.10. The molecular weight excluding hydrogens is 665 g/mol. The molecule has 11 heteroatoms. The lowest BCUT2D eigenvalue weighted by molar-refractivity contribution is 0.0764. The molecule has 0 heterocycles. The fraction of sp³-hybridized carbons (Fsp3) is 0.0952. The van der Waals surface area contributed by atoms with Crippen LogP contribution in [0.4, 0.5) is 22.7 Å². The van der Waals surface area contributed by atoms with E-state index in [1.165, 1.54) is 0 Å². The van der Waals surface area contributed by atoms with Crippen molar-refractivity contribution in [2.24, 2.45) is 30.7 Å². The molecule has 0 saturated heterocycles. The van der Waals surface area contributed by atoms with Crippen molar-refractivity contribution in [3.8, 4) is 11.5 Å². The van der Waals surface area contributed by atoms with Gasteiger partial charge in [0.2, 0.25) is 11.7 Å². The Labute approximate surface area is 308 Å². The molecule has 11 nitrogen and oxygen atoms in total. The summed E-state index contributed by atoms with van der Waals surface area (Å²) >= 11 is 0. The van der Waals surface area contributed by atoms with Crippen molar-refractivity contribution in [1.82, 2.24) is 0 Å². The number of hydrogen-bond donors (Lipinski definition) is 2. The summed E-state index contributed by atoms with van der Waals surface area (Å²) in [4.78, 5) is 0. The first-order chi connectivity index (χ1) is 26.3. The number of anilines is 2. The topological polar surface area (TPSA) is 126 Å². The summed E-state index contributed by atoms with van der Waals surface area (Å²) in [5.41, 5.74) is 10.8. The fourth-order valence-electron chi connectivity index (χ4n) is 4.69. The number of rotatable bonds is 16. The minimum absolute atomic E-state index is 0.384. The Morgan fingerprint density at radius 3 is 1.13 bits per heavy atom. The molecule has 0 bridgehead atoms. The smallest absolute Gasteiger partial charge is 0.201 e. The highest BCUT2D eigenvalue weighted by Gasteiger charge is 2.07. The van der Waals surface area contributed by atoms with E-state index in [0.717, 1.165) is 33.9 Å². The molecule has 0 saturated carbocycles. The lowest BCUT2D eigenvalue weighted by Crippen LogP contribution is -2.12. The highest BCUT2D eigenvalue weighted by Crippen LogP contribution is 2.19. The number of ether oxygens (including phenoxy) is 3. The summed E-state index contributed by atoms with van der Waals surface area (Å²) in [5, 5.41) is 26.5. The van der Waals surface area contributed by atoms with Crippen LogP contribution < -0.4 is 20.3 Å². The molecule has 53 heavy (non-hydrogen) atoms. The van der Waals surface area contributed by atoms with Gasteiger partial charge in [0.15, 0.2) is 0 Å². The van der Waals surface area contributed by atoms with Gasteiger partial charge in [0.1, 0.15) is 24.7 Å². The molecule has 0 aliphatic carbocycles. The second-order valence-electron chi connectivity index (χ2n) is 11.3. The molecule has 0 unspecified atom stereocenters. The number of hydrogen-bond acceptors (Lipinski definition) is 9. The first-order valence-corrected chi connectivity index (χ1v) is 17.0. The van der Waals surface area contributed by atoms with Crippen molar-refractivity contribution >= 4 is 34.4 Å². The number of hydrazone groups is 2. The SMILES string of the molecule is c1ccc(N=N/C(=N\Nc2ccccc2)c2ccc(OCCOCCOc3ccc(/C(N=Nc4ccccc4)=N/Nc4ccccc4)cc3)cc2)cc1. The Morgan fingerprint density at radius 2 is 0.755 bits per heavy atom. The van der Waals surface area contributed by atoms with Crippen LogP contribution >= 0.6 is 0 Å². The largest absolute Gasteiger partial charge is 0.491 e. The van der Waals surface area contributed by atoms with Crippen LogP contribution in [0.15, 0.2) is 201 Å². The number of nitrogens with zero attached hydrogens (tertiary/aromatic N) is 6. The molecule has 0 aromatic heterocycles. The molecule has 6 rings (SSSR count). The molecule has 0 atom stereocenters. The van der Waals surface area contributed by atoms with Crippen LogP contribution in [0.25, 0.3) is 0 Å². The Bertz CT molecular complexity index is 1920. The molecule has 0 radical (unpaired) electrons. The highest BCUT2D eigenvalue weighted by molar-refractivity contribution is 6.00. The molecule has 6 aromatic rings. The number of para-hydroxylation sites is 2. The van der Waals surface area contributed by atoms with Gasteiger partial charge in [-0.25, -0.2) is 0 Å². The predicted octanol–water partition coefficient (Wildman–Crippen LogP) is 10.3. The van der Waals surface area contributed by atoms with E-state index in [9.17, 15) is 0 Å². The number of amidine groups is 2. The molecule has 0 aliphatic rings. The monoisotopic (exact) mass is 702 g/mol. The van der Waals surface area contributed by atoms with E-state index in [1.807, 2.05) is 170 Å². The normalized spacial score (nSPS) is 11.8. The standard InChI is InChI=1S/C42H38N8O3/c1-5-13-35(14-6-1)43-47-41(48-44-36-15-7-2-8-16-36)33-21-25-39(26-22-33)52-31-29-51-30-32-53-40-27-23-34(24-28-40)42(49-45-37-17-9-3-10-18-37)50-46-38-19-11-4-12-20-38/h1-28,43,45H,29-32H2/b47-41-,48-44?,49-42-,50-46?. The Balaban J connectivity index is 0.952. The van der Waals surface area contributed by atoms with Crippen LogP contribution in [-0.2, 0) is 4.74 Å². The van der Waals surface area contributed by atoms with Gasteiger partial charge in [-0.3, -0.25) is 10.9 Å². The average Bonchev–Trinajstić information content (AvgIpc) is 3.23. The van der Waals surface area contributed by atoms with E-state index in [0.29, 0.717) is 49.6 Å². The van der Waals surface area contributed by atoms with E-state index in [1.54, 1.807) is 0 Å². The molecule has 0 fully saturated rings. The number of benzene rings is 6. The van der Waals surface area contributed by atoms with Gasteiger partial charge in [-0.05, 0) is 97.1 Å². The van der Waals surface area contributed by atoms with E-state index >= 15 is 0 Å². The lowest BCUT2D eigenvalue weighted by atomic mass is 10.2. The van der Waals surface area contributed by atoms with Crippen LogP contribution in [-0.4, -0.2) is 38.1 Å². The van der Waals surface area contributed by atoms with Crippen molar-refractivity contribution in [3.05, 3.63) is 181 Å². The van der Waals surface area contributed by atoms with Crippen LogP contribution in [0.5, 0.6) is 11.5 Å². The van der Waals surface area contributed by atoms with Crippen molar-refractivity contribution < 1.29 is 14.2 Å². The van der Waals surface area contributed by atoms with Gasteiger partial charge in [0, 0.05) is 11.1 Å². The summed E-state index contributed by atoms with van der Waals surface area (Å²) in [6.07, 6.45) is 0. The first-order valence-electron chi connectivity index (χ1n) is 17.0. The third-order valence-corrected chi connectivity index (χ3v) is 7.38. The molecular formula is C42H38N8O3. The van der Waals surface area contributed by atoms with Gasteiger partial charge in [-0.1, -0.05) is 72.8 Å². The summed E-state index contributed by atoms with van der Waals surface area (Å²) in [6, 6.07) is 53.5. The van der Waals surface area contributed by atoms with E-state index in [-0.39, 0.29) is 0 Å². The first kappa shape index (κ1) is 35.8. The predicted molar refractivity (Wildman–Crippen MR) is 210 cm³/mol. The Hall–Kier alpha value is -6.98. The van der Waals surface area contributed by atoms with Crippen LogP contribution in [0.1, 0.15) is 11.1 Å². The van der Waals surface area contributed by atoms with Crippen LogP contribution in [0.3, 0.4) is 0 Å². The zero-order valence-corrected chi connectivity index (χ0v) is 28.9. The quantitative estimate of drug-likeness (QED) is 0.0341. The van der Waals surface area contributed by atoms with Gasteiger partial charge in [-0.15, -0.1) is 20.5 Å². The van der Waals surface area contributed by atoms with Gasteiger partial charge in [-0.2, -0.15) is 10.2 Å². The Kier molecular flexibility index (Phi) is 13.5. The second kappa shape index (κ2) is 20.0. The maximum Gasteiger partial charge on any atom is 0.201 e. The summed E-state index contributed by atoms with van der Waals surface area (Å²) in [7, 11) is 0. The molecule has 0 spiro atoms. The van der Waals surface area contributed by atoms with Crippen LogP contribution in [0, 0.1) is 0 Å². The van der Waals surface area contributed by atoms with Gasteiger partial charge in [0.05, 0.1) is 36.0 Å². The molecule has 0 aliphatic heterocycles. The maximum atomic E-state index is 5.89. The van der Waals surface area contributed by atoms with Crippen molar-refractivity contribution in [1.29, 1.82) is 0 Å². The zero-order valence-electron chi connectivity index (χ0n) is 28.9. The maximum absolute atomic E-state index is 5.89. The molecule has 6 aromatic carbocycles. The Morgan fingerprint density at radius 1 is 0.396 bits per heavy atom. The summed E-state index contributed by atoms with van der Waals surface area (Å²) < 4.78 is 17.5. The van der Waals surface area contributed by atoms with E-state index in [4.69, 9.17) is 14.2 Å². The third kappa shape index (κ3) is 12.1. The third-order valence-electron chi connectivity index (χ3n) is 7.38. The highest BCUT2D eigenvalue weighted by atomic mass is 16.5. The minimum atomic E-state index is 0.384. The van der Waals surface area contributed by atoms with E-state index < -0.39 is 0 Å². The molecule has 0 amide bonds. The van der Waals surface area contributed by atoms with Gasteiger partial charge in [0.25, 0.3) is 0 Å². The molecule has 2 N–H and O–H groups in total. The zero-order chi connectivity index (χ0) is 36.2. The van der Waals surface area contributed by atoms with Gasteiger partial charge >= 0.3 is 0 Å². The number of azo groups is 2. The van der Waals surface area contributed by atoms with Crippen molar-refractivity contribution in [2.45, 2.75) is 0 Å².